The van der Waals surface area contributed by atoms with Gasteiger partial charge in [-0.15, -0.1) is 24.0 Å². The van der Waals surface area contributed by atoms with Gasteiger partial charge in [0.25, 0.3) is 0 Å². The summed E-state index contributed by atoms with van der Waals surface area (Å²) in [6.45, 7) is 9.78. The van der Waals surface area contributed by atoms with Crippen LogP contribution in [-0.4, -0.2) is 62.6 Å². The van der Waals surface area contributed by atoms with Crippen molar-refractivity contribution in [3.63, 3.8) is 0 Å². The monoisotopic (exact) mass is 444 g/mol. The predicted molar refractivity (Wildman–Crippen MR) is 114 cm³/mol. The van der Waals surface area contributed by atoms with E-state index < -0.39 is 0 Å². The third-order valence-electron chi connectivity index (χ3n) is 4.96. The normalized spacial score (nSPS) is 21.5. The molecule has 2 rings (SSSR count). The molecule has 1 N–H and O–H groups in total. The van der Waals surface area contributed by atoms with Crippen molar-refractivity contribution in [2.45, 2.75) is 26.2 Å². The van der Waals surface area contributed by atoms with Crippen LogP contribution < -0.4 is 5.32 Å². The SMILES string of the molecule is CCN(C)CCNC(=NC)N1CCC(c2ccccc2)C(C)C1.I. The van der Waals surface area contributed by atoms with Gasteiger partial charge in [0.05, 0.1) is 0 Å². The van der Waals surface area contributed by atoms with Crippen LogP contribution in [-0.2, 0) is 0 Å². The van der Waals surface area contributed by atoms with Gasteiger partial charge in [0.1, 0.15) is 0 Å². The fraction of sp³-hybridized carbons (Fsp3) is 0.632. The van der Waals surface area contributed by atoms with E-state index in [-0.39, 0.29) is 24.0 Å². The highest BCUT2D eigenvalue weighted by atomic mass is 127. The third-order valence-corrected chi connectivity index (χ3v) is 4.96. The summed E-state index contributed by atoms with van der Waals surface area (Å²) in [5, 5.41) is 3.51. The van der Waals surface area contributed by atoms with Crippen molar-refractivity contribution in [3.8, 4) is 0 Å². The number of likely N-dealkylation sites (N-methyl/N-ethyl adjacent to an activating group) is 1. The smallest absolute Gasteiger partial charge is 0.193 e. The molecule has 5 heteroatoms. The third kappa shape index (κ3) is 5.92. The Bertz CT molecular complexity index is 491. The van der Waals surface area contributed by atoms with E-state index in [2.05, 4.69) is 71.3 Å². The van der Waals surface area contributed by atoms with Crippen LogP contribution in [0.15, 0.2) is 35.3 Å². The average Bonchev–Trinajstić information content (AvgIpc) is 2.59. The van der Waals surface area contributed by atoms with Gasteiger partial charge in [0, 0.05) is 33.2 Å². The highest BCUT2D eigenvalue weighted by Gasteiger charge is 2.28. The molecule has 1 saturated heterocycles. The minimum Gasteiger partial charge on any atom is -0.355 e. The van der Waals surface area contributed by atoms with Gasteiger partial charge in [-0.1, -0.05) is 44.2 Å². The van der Waals surface area contributed by atoms with Crippen LogP contribution in [0.4, 0.5) is 0 Å². The van der Waals surface area contributed by atoms with Gasteiger partial charge in [-0.25, -0.2) is 0 Å². The van der Waals surface area contributed by atoms with Crippen LogP contribution in [0.5, 0.6) is 0 Å². The lowest BCUT2D eigenvalue weighted by atomic mass is 9.82. The number of hydrogen-bond acceptors (Lipinski definition) is 2. The van der Waals surface area contributed by atoms with Crippen LogP contribution in [0, 0.1) is 5.92 Å². The molecular formula is C19H33IN4. The topological polar surface area (TPSA) is 30.9 Å². The van der Waals surface area contributed by atoms with Gasteiger partial charge in [-0.3, -0.25) is 4.99 Å². The molecule has 0 amide bonds. The largest absolute Gasteiger partial charge is 0.355 e. The van der Waals surface area contributed by atoms with Crippen LogP contribution >= 0.6 is 24.0 Å². The quantitative estimate of drug-likeness (QED) is 0.430. The second-order valence-corrected chi connectivity index (χ2v) is 6.60. The zero-order valence-corrected chi connectivity index (χ0v) is 17.9. The summed E-state index contributed by atoms with van der Waals surface area (Å²) in [4.78, 5) is 9.20. The van der Waals surface area contributed by atoms with Crippen molar-refractivity contribution in [2.75, 3.05) is 46.8 Å². The number of nitrogens with one attached hydrogen (secondary N) is 1. The molecule has 1 aromatic rings. The molecule has 24 heavy (non-hydrogen) atoms. The molecule has 0 spiro atoms. The lowest BCUT2D eigenvalue weighted by molar-refractivity contribution is 0.233. The molecule has 1 fully saturated rings. The molecule has 1 aliphatic rings. The number of aliphatic imine (C=N–C) groups is 1. The second kappa shape index (κ2) is 10.9. The van der Waals surface area contributed by atoms with E-state index in [1.54, 1.807) is 0 Å². The Morgan fingerprint density at radius 1 is 1.33 bits per heavy atom. The van der Waals surface area contributed by atoms with Gasteiger partial charge in [0.15, 0.2) is 5.96 Å². The van der Waals surface area contributed by atoms with Crippen molar-refractivity contribution in [2.24, 2.45) is 10.9 Å². The first-order valence-corrected chi connectivity index (χ1v) is 8.84. The molecular weight excluding hydrogens is 411 g/mol. The summed E-state index contributed by atoms with van der Waals surface area (Å²) in [6.07, 6.45) is 1.20. The molecule has 1 heterocycles. The molecule has 0 bridgehead atoms. The van der Waals surface area contributed by atoms with Crippen LogP contribution in [0.25, 0.3) is 0 Å². The molecule has 1 aliphatic heterocycles. The van der Waals surface area contributed by atoms with E-state index in [0.29, 0.717) is 11.8 Å². The summed E-state index contributed by atoms with van der Waals surface area (Å²) in [6, 6.07) is 10.9. The first-order valence-electron chi connectivity index (χ1n) is 8.84. The minimum absolute atomic E-state index is 0. The Hall–Kier alpha value is -0.820. The Labute approximate surface area is 164 Å². The summed E-state index contributed by atoms with van der Waals surface area (Å²) in [5.41, 5.74) is 1.48. The van der Waals surface area contributed by atoms with E-state index in [9.17, 15) is 0 Å². The second-order valence-electron chi connectivity index (χ2n) is 6.60. The minimum atomic E-state index is 0. The average molecular weight is 444 g/mol. The van der Waals surface area contributed by atoms with E-state index in [1.165, 1.54) is 12.0 Å². The Balaban J connectivity index is 0.00000288. The van der Waals surface area contributed by atoms with Gasteiger partial charge in [0.2, 0.25) is 0 Å². The Morgan fingerprint density at radius 2 is 2.04 bits per heavy atom. The Morgan fingerprint density at radius 3 is 2.62 bits per heavy atom. The van der Waals surface area contributed by atoms with Crippen molar-refractivity contribution in [3.05, 3.63) is 35.9 Å². The highest BCUT2D eigenvalue weighted by Crippen LogP contribution is 2.32. The number of guanidine groups is 1. The Kier molecular flexibility index (Phi) is 9.66. The van der Waals surface area contributed by atoms with Crippen molar-refractivity contribution in [1.29, 1.82) is 0 Å². The predicted octanol–water partition coefficient (Wildman–Crippen LogP) is 3.26. The van der Waals surface area contributed by atoms with E-state index in [1.807, 2.05) is 7.05 Å². The number of halogens is 1. The van der Waals surface area contributed by atoms with Crippen molar-refractivity contribution >= 4 is 29.9 Å². The number of nitrogens with zero attached hydrogens (tertiary/aromatic N) is 3. The zero-order chi connectivity index (χ0) is 16.7. The lowest BCUT2D eigenvalue weighted by Gasteiger charge is -2.39. The summed E-state index contributed by atoms with van der Waals surface area (Å²) < 4.78 is 0. The first kappa shape index (κ1) is 21.2. The first-order chi connectivity index (χ1) is 11.2. The van der Waals surface area contributed by atoms with Crippen LogP contribution in [0.2, 0.25) is 0 Å². The molecule has 0 radical (unpaired) electrons. The van der Waals surface area contributed by atoms with E-state index in [0.717, 1.165) is 38.7 Å². The summed E-state index contributed by atoms with van der Waals surface area (Å²) in [5.74, 6) is 2.35. The maximum absolute atomic E-state index is 4.48. The van der Waals surface area contributed by atoms with Gasteiger partial charge >= 0.3 is 0 Å². The molecule has 0 saturated carbocycles. The number of piperidine rings is 1. The molecule has 1 aromatic carbocycles. The maximum atomic E-state index is 4.48. The van der Waals surface area contributed by atoms with Crippen molar-refractivity contribution in [1.82, 2.24) is 15.1 Å². The molecule has 4 nitrogen and oxygen atoms in total. The molecule has 0 aliphatic carbocycles. The summed E-state index contributed by atoms with van der Waals surface area (Å²) >= 11 is 0. The van der Waals surface area contributed by atoms with Crippen LogP contribution in [0.1, 0.15) is 31.7 Å². The maximum Gasteiger partial charge on any atom is 0.193 e. The number of benzene rings is 1. The molecule has 136 valence electrons. The standard InChI is InChI=1S/C19H32N4.HI/c1-5-22(4)14-12-21-19(20-3)23-13-11-18(16(2)15-23)17-9-7-6-8-10-17;/h6-10,16,18H,5,11-15H2,1-4H3,(H,20,21);1H. The van der Waals surface area contributed by atoms with Crippen molar-refractivity contribution < 1.29 is 0 Å². The van der Waals surface area contributed by atoms with Gasteiger partial charge < -0.3 is 15.1 Å². The van der Waals surface area contributed by atoms with E-state index in [4.69, 9.17) is 0 Å². The number of rotatable bonds is 5. The molecule has 2 unspecified atom stereocenters. The summed E-state index contributed by atoms with van der Waals surface area (Å²) in [7, 11) is 4.04. The van der Waals surface area contributed by atoms with Gasteiger partial charge in [-0.05, 0) is 37.4 Å². The number of likely N-dealkylation sites (tertiary alicyclic amines) is 1. The van der Waals surface area contributed by atoms with E-state index >= 15 is 0 Å². The fourth-order valence-corrected chi connectivity index (χ4v) is 3.38. The molecule has 0 aromatic heterocycles. The highest BCUT2D eigenvalue weighted by molar-refractivity contribution is 14.0. The molecule has 2 atom stereocenters. The van der Waals surface area contributed by atoms with Gasteiger partial charge in [-0.2, -0.15) is 0 Å². The lowest BCUT2D eigenvalue weighted by Crippen LogP contribution is -2.49. The zero-order valence-electron chi connectivity index (χ0n) is 15.5. The number of hydrogen-bond donors (Lipinski definition) is 1. The fourth-order valence-electron chi connectivity index (χ4n) is 3.38. The van der Waals surface area contributed by atoms with Crippen LogP contribution in [0.3, 0.4) is 0 Å².